The Morgan fingerprint density at radius 1 is 1.33 bits per heavy atom. The third kappa shape index (κ3) is 2.41. The summed E-state index contributed by atoms with van der Waals surface area (Å²) in [6.45, 7) is 3.68. The Bertz CT molecular complexity index is 814. The predicted molar refractivity (Wildman–Crippen MR) is 102 cm³/mol. The molecule has 1 aliphatic heterocycles. The molecule has 1 fully saturated rings. The molecule has 4 rings (SSSR count). The zero-order valence-electron chi connectivity index (χ0n) is 13.6. The summed E-state index contributed by atoms with van der Waals surface area (Å²) in [7, 11) is 5.79. The highest BCUT2D eigenvalue weighted by atomic mass is 15.3. The van der Waals surface area contributed by atoms with Crippen LogP contribution in [-0.4, -0.2) is 19.2 Å². The third-order valence-corrected chi connectivity index (χ3v) is 4.81. The molecule has 2 nitrogen and oxygen atoms in total. The highest BCUT2D eigenvalue weighted by Gasteiger charge is 2.61. The Kier molecular flexibility index (Phi) is 3.64. The number of allylic oxidation sites excluding steroid dienone is 6. The molecule has 0 N–H and O–H groups in total. The summed E-state index contributed by atoms with van der Waals surface area (Å²) in [6, 6.07) is 10.4. The predicted octanol–water partition coefficient (Wildman–Crippen LogP) is 4.30. The highest BCUT2D eigenvalue weighted by molar-refractivity contribution is 6.23. The molecule has 0 aromatic heterocycles. The number of rotatable bonds is 4. The van der Waals surface area contributed by atoms with Crippen molar-refractivity contribution in [2.45, 2.75) is 18.4 Å². The Labute approximate surface area is 144 Å². The summed E-state index contributed by atoms with van der Waals surface area (Å²) in [5.74, 6) is 1.50. The van der Waals surface area contributed by atoms with E-state index < -0.39 is 0 Å². The normalized spacial score (nSPS) is 28.1. The smallest absolute Gasteiger partial charge is 0.133 e. The molecule has 24 heavy (non-hydrogen) atoms. The Morgan fingerprint density at radius 2 is 2.17 bits per heavy atom. The van der Waals surface area contributed by atoms with Crippen LogP contribution in [0.15, 0.2) is 95.6 Å². The van der Waals surface area contributed by atoms with Crippen LogP contribution in [0.25, 0.3) is 0 Å². The summed E-state index contributed by atoms with van der Waals surface area (Å²) < 4.78 is 0. The average Bonchev–Trinajstić information content (AvgIpc) is 3.24. The largest absolute Gasteiger partial charge is 0.297 e. The quantitative estimate of drug-likeness (QED) is 0.460. The number of hydrogen-bond acceptors (Lipinski definition) is 2. The van der Waals surface area contributed by atoms with Gasteiger partial charge in [0.05, 0.1) is 0 Å². The van der Waals surface area contributed by atoms with Crippen molar-refractivity contribution in [3.8, 4) is 0 Å². The van der Waals surface area contributed by atoms with Gasteiger partial charge in [-0.15, -0.1) is 0 Å². The van der Waals surface area contributed by atoms with Crippen LogP contribution in [0.4, 0.5) is 5.69 Å². The molecule has 2 aliphatic carbocycles. The molecule has 1 saturated carbocycles. The summed E-state index contributed by atoms with van der Waals surface area (Å²) in [5.41, 5.74) is 3.05. The van der Waals surface area contributed by atoms with E-state index in [1.807, 2.05) is 24.3 Å². The van der Waals surface area contributed by atoms with Gasteiger partial charge < -0.3 is 0 Å². The van der Waals surface area contributed by atoms with E-state index in [1.54, 1.807) is 6.08 Å². The third-order valence-electron chi connectivity index (χ3n) is 4.81. The minimum atomic E-state index is -0.0593. The van der Waals surface area contributed by atoms with Crippen molar-refractivity contribution in [3.05, 3.63) is 90.6 Å². The minimum absolute atomic E-state index is 0.0593. The summed E-state index contributed by atoms with van der Waals surface area (Å²) >= 11 is 0. The monoisotopic (exact) mass is 310 g/mol. The summed E-state index contributed by atoms with van der Waals surface area (Å²) in [4.78, 5) is 7.38. The number of para-hydroxylation sites is 1. The van der Waals surface area contributed by atoms with Crippen LogP contribution in [0.3, 0.4) is 0 Å². The van der Waals surface area contributed by atoms with E-state index in [-0.39, 0.29) is 5.54 Å². The highest BCUT2D eigenvalue weighted by Crippen LogP contribution is 2.58. The maximum Gasteiger partial charge on any atom is 0.133 e. The van der Waals surface area contributed by atoms with Crippen molar-refractivity contribution in [2.24, 2.45) is 10.9 Å². The van der Waals surface area contributed by atoms with Crippen LogP contribution in [-0.2, 0) is 0 Å². The topological polar surface area (TPSA) is 15.6 Å². The number of hydrogen-bond donors (Lipinski definition) is 0. The second-order valence-electron chi connectivity index (χ2n) is 6.36. The minimum Gasteiger partial charge on any atom is -0.297 e. The van der Waals surface area contributed by atoms with E-state index >= 15 is 0 Å². The second-order valence-corrected chi connectivity index (χ2v) is 6.36. The van der Waals surface area contributed by atoms with Crippen molar-refractivity contribution < 1.29 is 0 Å². The molecular formula is C21H19BN2. The van der Waals surface area contributed by atoms with Gasteiger partial charge in [-0.1, -0.05) is 66.7 Å². The zero-order valence-corrected chi connectivity index (χ0v) is 13.6. The first-order chi connectivity index (χ1) is 11.7. The van der Waals surface area contributed by atoms with E-state index in [2.05, 4.69) is 54.0 Å². The summed E-state index contributed by atoms with van der Waals surface area (Å²) in [5, 5.41) is 0. The van der Waals surface area contributed by atoms with E-state index in [1.165, 1.54) is 5.70 Å². The molecule has 0 saturated heterocycles. The first-order valence-electron chi connectivity index (χ1n) is 8.33. The maximum absolute atomic E-state index is 5.79. The summed E-state index contributed by atoms with van der Waals surface area (Å²) in [6.07, 6.45) is 16.4. The molecular weight excluding hydrogens is 291 g/mol. The van der Waals surface area contributed by atoms with Crippen LogP contribution in [0.1, 0.15) is 12.8 Å². The maximum atomic E-state index is 5.79. The van der Waals surface area contributed by atoms with Gasteiger partial charge in [0.1, 0.15) is 19.2 Å². The van der Waals surface area contributed by atoms with Gasteiger partial charge in [-0.2, -0.15) is 0 Å². The molecule has 0 amide bonds. The van der Waals surface area contributed by atoms with Crippen molar-refractivity contribution in [3.63, 3.8) is 0 Å². The van der Waals surface area contributed by atoms with E-state index in [0.29, 0.717) is 11.4 Å². The fourth-order valence-electron chi connectivity index (χ4n) is 3.52. The van der Waals surface area contributed by atoms with Gasteiger partial charge in [-0.3, -0.25) is 9.89 Å². The van der Waals surface area contributed by atoms with Crippen molar-refractivity contribution in [1.29, 1.82) is 0 Å². The molecule has 3 aliphatic rings. The van der Waals surface area contributed by atoms with Crippen molar-refractivity contribution in [2.75, 3.05) is 4.90 Å². The molecule has 116 valence electrons. The molecule has 1 aromatic rings. The molecule has 1 heterocycles. The van der Waals surface area contributed by atoms with E-state index in [0.717, 1.165) is 24.4 Å². The van der Waals surface area contributed by atoms with Gasteiger partial charge in [0.25, 0.3) is 0 Å². The van der Waals surface area contributed by atoms with Gasteiger partial charge in [0.15, 0.2) is 0 Å². The number of nitrogens with zero attached hydrogens (tertiary/aromatic N) is 2. The molecule has 0 bridgehead atoms. The first kappa shape index (κ1) is 15.0. The molecule has 1 spiro atoms. The Hall–Kier alpha value is -2.55. The van der Waals surface area contributed by atoms with Crippen LogP contribution in [0, 0.1) is 5.92 Å². The second kappa shape index (κ2) is 5.83. The fourth-order valence-corrected chi connectivity index (χ4v) is 3.52. The van der Waals surface area contributed by atoms with Gasteiger partial charge in [0.2, 0.25) is 0 Å². The average molecular weight is 310 g/mol. The Morgan fingerprint density at radius 3 is 2.96 bits per heavy atom. The van der Waals surface area contributed by atoms with E-state index in [4.69, 9.17) is 12.8 Å². The standard InChI is InChI=1S/C21H19BN2/c1-2-17(22)10-8-14-20-23-21-15-16(21)9-6-7-13-19(21)24(20)18-11-4-3-5-12-18/h2-6,8-14,16H,1,7,15H2/b14-8+,17-10+. The Balaban J connectivity index is 1.75. The fraction of sp³-hybridized carbons (Fsp3) is 0.190. The molecule has 1 aromatic carbocycles. The number of aliphatic imine (C=N–C) groups is 1. The number of amidine groups is 1. The molecule has 2 radical (unpaired) electrons. The van der Waals surface area contributed by atoms with Crippen LogP contribution < -0.4 is 4.90 Å². The lowest BCUT2D eigenvalue weighted by molar-refractivity contribution is 0.773. The van der Waals surface area contributed by atoms with Crippen LogP contribution >= 0.6 is 0 Å². The lowest BCUT2D eigenvalue weighted by Crippen LogP contribution is -2.27. The molecule has 2 unspecified atom stereocenters. The lowest BCUT2D eigenvalue weighted by atomic mass is 9.95. The van der Waals surface area contributed by atoms with Crippen molar-refractivity contribution in [1.82, 2.24) is 0 Å². The molecule has 3 heteroatoms. The molecule has 2 atom stereocenters. The van der Waals surface area contributed by atoms with Crippen molar-refractivity contribution >= 4 is 19.4 Å². The lowest BCUT2D eigenvalue weighted by Gasteiger charge is -2.23. The zero-order chi connectivity index (χ0) is 16.6. The number of anilines is 1. The van der Waals surface area contributed by atoms with Crippen LogP contribution in [0.5, 0.6) is 0 Å². The van der Waals surface area contributed by atoms with Gasteiger partial charge in [-0.25, -0.2) is 0 Å². The SMILES string of the molecule is [B]/C(C=C)=C/C=C/C1=NC23CC2C=CCC=C3N1c1ccccc1. The van der Waals surface area contributed by atoms with Gasteiger partial charge in [-0.05, 0) is 31.1 Å². The van der Waals surface area contributed by atoms with E-state index in [9.17, 15) is 0 Å². The van der Waals surface area contributed by atoms with Gasteiger partial charge >= 0.3 is 0 Å². The number of benzene rings is 1. The van der Waals surface area contributed by atoms with Gasteiger partial charge in [0, 0.05) is 17.3 Å². The van der Waals surface area contributed by atoms with Crippen LogP contribution in [0.2, 0.25) is 0 Å². The first-order valence-corrected chi connectivity index (χ1v) is 8.33.